The minimum atomic E-state index is -0.247. The van der Waals surface area contributed by atoms with Crippen molar-refractivity contribution < 1.29 is 9.53 Å². The van der Waals surface area contributed by atoms with Crippen molar-refractivity contribution in [3.05, 3.63) is 23.8 Å². The molecule has 0 saturated heterocycles. The summed E-state index contributed by atoms with van der Waals surface area (Å²) in [5, 5.41) is 3.59. The van der Waals surface area contributed by atoms with Gasteiger partial charge >= 0.3 is 5.97 Å². The number of hydrogen-bond donors (Lipinski definition) is 2. The van der Waals surface area contributed by atoms with Gasteiger partial charge in [0, 0.05) is 6.04 Å². The van der Waals surface area contributed by atoms with E-state index in [1.165, 1.54) is 20.0 Å². The van der Waals surface area contributed by atoms with Gasteiger partial charge in [0.25, 0.3) is 0 Å². The molecule has 0 aromatic heterocycles. The zero-order valence-electron chi connectivity index (χ0n) is 14.1. The molecular formula is C18H28N2O2. The third-order valence-corrected chi connectivity index (χ3v) is 4.44. The summed E-state index contributed by atoms with van der Waals surface area (Å²) in [5.74, 6) is 0.476. The van der Waals surface area contributed by atoms with E-state index < -0.39 is 0 Å². The van der Waals surface area contributed by atoms with E-state index in [2.05, 4.69) is 30.8 Å². The third kappa shape index (κ3) is 4.39. The summed E-state index contributed by atoms with van der Waals surface area (Å²) in [5.41, 5.74) is 9.05. The molecule has 1 aromatic rings. The van der Waals surface area contributed by atoms with Gasteiger partial charge in [-0.05, 0) is 48.3 Å². The fourth-order valence-electron chi connectivity index (χ4n) is 3.77. The molecule has 22 heavy (non-hydrogen) atoms. The Kier molecular flexibility index (Phi) is 4.99. The first-order valence-electron chi connectivity index (χ1n) is 8.01. The van der Waals surface area contributed by atoms with Crippen LogP contribution in [0.3, 0.4) is 0 Å². The molecule has 4 nitrogen and oxygen atoms in total. The number of carbonyl (C=O) groups is 1. The molecule has 1 fully saturated rings. The van der Waals surface area contributed by atoms with Crippen molar-refractivity contribution >= 4 is 17.3 Å². The van der Waals surface area contributed by atoms with Gasteiger partial charge in [-0.15, -0.1) is 0 Å². The minimum absolute atomic E-state index is 0.247. The van der Waals surface area contributed by atoms with Crippen molar-refractivity contribution in [2.24, 2.45) is 11.3 Å². The Morgan fingerprint density at radius 2 is 2.14 bits per heavy atom. The van der Waals surface area contributed by atoms with Crippen LogP contribution >= 0.6 is 0 Å². The second-order valence-corrected chi connectivity index (χ2v) is 7.43. The average molecular weight is 304 g/mol. The van der Waals surface area contributed by atoms with Gasteiger partial charge in [-0.2, -0.15) is 0 Å². The smallest absolute Gasteiger partial charge is 0.309 e. The first-order chi connectivity index (χ1) is 10.3. The second kappa shape index (κ2) is 6.59. The summed E-state index contributed by atoms with van der Waals surface area (Å²) in [4.78, 5) is 11.3. The van der Waals surface area contributed by atoms with Gasteiger partial charge in [-0.3, -0.25) is 4.79 Å². The molecule has 4 heteroatoms. The summed E-state index contributed by atoms with van der Waals surface area (Å²) in [6.07, 6.45) is 3.86. The van der Waals surface area contributed by atoms with Crippen molar-refractivity contribution in [2.75, 3.05) is 18.2 Å². The van der Waals surface area contributed by atoms with Crippen LogP contribution in [0.1, 0.15) is 45.6 Å². The van der Waals surface area contributed by atoms with Crippen LogP contribution in [0.2, 0.25) is 0 Å². The lowest BCUT2D eigenvalue weighted by Crippen LogP contribution is -2.35. The third-order valence-electron chi connectivity index (χ3n) is 4.44. The van der Waals surface area contributed by atoms with Crippen molar-refractivity contribution in [3.63, 3.8) is 0 Å². The number of benzene rings is 1. The topological polar surface area (TPSA) is 64.3 Å². The first-order valence-corrected chi connectivity index (χ1v) is 8.01. The number of rotatable bonds is 4. The first kappa shape index (κ1) is 16.7. The van der Waals surface area contributed by atoms with Crippen LogP contribution in [-0.4, -0.2) is 19.1 Å². The lowest BCUT2D eigenvalue weighted by Gasteiger charge is -2.39. The molecular weight excluding hydrogens is 276 g/mol. The van der Waals surface area contributed by atoms with Crippen molar-refractivity contribution in [1.29, 1.82) is 0 Å². The van der Waals surface area contributed by atoms with Crippen LogP contribution in [0, 0.1) is 11.3 Å². The predicted molar refractivity (Wildman–Crippen MR) is 90.8 cm³/mol. The largest absolute Gasteiger partial charge is 0.469 e. The van der Waals surface area contributed by atoms with Gasteiger partial charge in [-0.25, -0.2) is 0 Å². The van der Waals surface area contributed by atoms with E-state index in [4.69, 9.17) is 5.73 Å². The highest BCUT2D eigenvalue weighted by molar-refractivity contribution is 5.75. The molecule has 2 unspecified atom stereocenters. The van der Waals surface area contributed by atoms with Crippen molar-refractivity contribution in [2.45, 2.75) is 52.5 Å². The molecule has 0 spiro atoms. The maximum atomic E-state index is 11.3. The summed E-state index contributed by atoms with van der Waals surface area (Å²) >= 11 is 0. The fraction of sp³-hybridized carbons (Fsp3) is 0.611. The molecule has 122 valence electrons. The molecule has 0 radical (unpaired) electrons. The molecule has 1 aliphatic carbocycles. The number of hydrogen-bond acceptors (Lipinski definition) is 4. The summed E-state index contributed by atoms with van der Waals surface area (Å²) in [7, 11) is 1.40. The molecule has 0 aliphatic heterocycles. The van der Waals surface area contributed by atoms with Crippen LogP contribution < -0.4 is 11.1 Å². The number of carbonyl (C=O) groups excluding carboxylic acids is 1. The highest BCUT2D eigenvalue weighted by atomic mass is 16.5. The molecule has 0 bridgehead atoms. The maximum absolute atomic E-state index is 11.3. The highest BCUT2D eigenvalue weighted by Gasteiger charge is 2.32. The Bertz CT molecular complexity index is 540. The lowest BCUT2D eigenvalue weighted by atomic mass is 9.70. The molecule has 3 N–H and O–H groups in total. The minimum Gasteiger partial charge on any atom is -0.469 e. The van der Waals surface area contributed by atoms with Crippen LogP contribution in [0.15, 0.2) is 18.2 Å². The Morgan fingerprint density at radius 3 is 2.73 bits per heavy atom. The van der Waals surface area contributed by atoms with Gasteiger partial charge in [-0.1, -0.05) is 26.8 Å². The van der Waals surface area contributed by atoms with Gasteiger partial charge in [0.1, 0.15) is 0 Å². The van der Waals surface area contributed by atoms with E-state index in [9.17, 15) is 4.79 Å². The summed E-state index contributed by atoms with van der Waals surface area (Å²) in [6.45, 7) is 6.98. The molecule has 1 aromatic carbocycles. The Hall–Kier alpha value is -1.71. The SMILES string of the molecule is COC(=O)Cc1ccc(NC2CC(C)CC(C)(C)C2)c(N)c1. The van der Waals surface area contributed by atoms with Gasteiger partial charge < -0.3 is 15.8 Å². The number of esters is 1. The van der Waals surface area contributed by atoms with Gasteiger partial charge in [0.15, 0.2) is 0 Å². The molecule has 1 saturated carbocycles. The molecule has 1 aliphatic rings. The summed E-state index contributed by atoms with van der Waals surface area (Å²) < 4.78 is 4.69. The molecule has 0 amide bonds. The van der Waals surface area contributed by atoms with Gasteiger partial charge in [0.2, 0.25) is 0 Å². The molecule has 0 heterocycles. The number of nitrogen functional groups attached to an aromatic ring is 1. The number of methoxy groups -OCH3 is 1. The van der Waals surface area contributed by atoms with E-state index >= 15 is 0 Å². The normalized spacial score (nSPS) is 23.8. The second-order valence-electron chi connectivity index (χ2n) is 7.43. The van der Waals surface area contributed by atoms with Gasteiger partial charge in [0.05, 0.1) is 24.9 Å². The zero-order valence-corrected chi connectivity index (χ0v) is 14.1. The van der Waals surface area contributed by atoms with Crippen LogP contribution in [0.5, 0.6) is 0 Å². The monoisotopic (exact) mass is 304 g/mol. The van der Waals surface area contributed by atoms with E-state index in [1.54, 1.807) is 0 Å². The predicted octanol–water partition coefficient (Wildman–Crippen LogP) is 3.61. The average Bonchev–Trinajstić information content (AvgIpc) is 2.39. The number of nitrogens with one attached hydrogen (secondary N) is 1. The zero-order chi connectivity index (χ0) is 16.3. The van der Waals surface area contributed by atoms with E-state index in [1.807, 2.05) is 18.2 Å². The van der Waals surface area contributed by atoms with Crippen molar-refractivity contribution in [3.8, 4) is 0 Å². The molecule has 2 rings (SSSR count). The van der Waals surface area contributed by atoms with Crippen molar-refractivity contribution in [1.82, 2.24) is 0 Å². The highest BCUT2D eigenvalue weighted by Crippen LogP contribution is 2.40. The summed E-state index contributed by atoms with van der Waals surface area (Å²) in [6, 6.07) is 6.22. The Balaban J connectivity index is 2.05. The van der Waals surface area contributed by atoms with E-state index in [-0.39, 0.29) is 12.4 Å². The number of nitrogens with two attached hydrogens (primary N) is 1. The van der Waals surface area contributed by atoms with E-state index in [0.717, 1.165) is 23.6 Å². The lowest BCUT2D eigenvalue weighted by molar-refractivity contribution is -0.139. The molecule has 2 atom stereocenters. The Labute approximate surface area is 133 Å². The Morgan fingerprint density at radius 1 is 1.41 bits per heavy atom. The maximum Gasteiger partial charge on any atom is 0.309 e. The fourth-order valence-corrected chi connectivity index (χ4v) is 3.77. The number of ether oxygens (including phenoxy) is 1. The van der Waals surface area contributed by atoms with Crippen LogP contribution in [-0.2, 0) is 16.0 Å². The number of anilines is 2. The standard InChI is InChI=1S/C18H28N2O2/c1-12-7-14(11-18(2,3)10-12)20-16-6-5-13(8-15(16)19)9-17(21)22-4/h5-6,8,12,14,20H,7,9-11,19H2,1-4H3. The quantitative estimate of drug-likeness (QED) is 0.659. The van der Waals surface area contributed by atoms with E-state index in [0.29, 0.717) is 17.1 Å². The van der Waals surface area contributed by atoms with Crippen LogP contribution in [0.4, 0.5) is 11.4 Å². The van der Waals surface area contributed by atoms with Crippen LogP contribution in [0.25, 0.3) is 0 Å².